The van der Waals surface area contributed by atoms with E-state index >= 15 is 0 Å². The first kappa shape index (κ1) is 19.1. The minimum absolute atomic E-state index is 0.0943. The van der Waals surface area contributed by atoms with E-state index in [9.17, 15) is 9.59 Å². The van der Waals surface area contributed by atoms with Gasteiger partial charge >= 0.3 is 0 Å². The molecule has 0 aliphatic heterocycles. The summed E-state index contributed by atoms with van der Waals surface area (Å²) in [5, 5.41) is 0. The number of allylic oxidation sites excluding steroid dienone is 2. The number of Topliss-reactive ketones (excluding diaryl/α,β-unsaturated/α-hetero) is 1. The Morgan fingerprint density at radius 2 is 2.09 bits per heavy atom. The molecule has 0 saturated heterocycles. The number of carbonyl (C=O) groups is 2. The zero-order chi connectivity index (χ0) is 17.3. The fourth-order valence-corrected chi connectivity index (χ4v) is 6.04. The lowest BCUT2D eigenvalue weighted by atomic mass is 9.48. The lowest BCUT2D eigenvalue weighted by Gasteiger charge is -2.57. The molecule has 2 nitrogen and oxygen atoms in total. The molecule has 2 rings (SSSR count). The van der Waals surface area contributed by atoms with Crippen LogP contribution < -0.4 is 0 Å². The van der Waals surface area contributed by atoms with Gasteiger partial charge in [-0.15, -0.1) is 0 Å². The van der Waals surface area contributed by atoms with Crippen LogP contribution in [0.1, 0.15) is 66.2 Å². The van der Waals surface area contributed by atoms with Crippen molar-refractivity contribution in [3.63, 3.8) is 0 Å². The Balaban J connectivity index is 2.29. The highest BCUT2D eigenvalue weighted by Crippen LogP contribution is 2.60. The Hall–Kier alpha value is -0.190. The highest BCUT2D eigenvalue weighted by molar-refractivity contribution is 14.1. The highest BCUT2D eigenvalue weighted by atomic mass is 127. The third-order valence-corrected chi connectivity index (χ3v) is 8.40. The molecule has 0 aromatic rings. The Morgan fingerprint density at radius 1 is 1.39 bits per heavy atom. The predicted molar refractivity (Wildman–Crippen MR) is 104 cm³/mol. The van der Waals surface area contributed by atoms with E-state index in [1.54, 1.807) is 0 Å². The number of fused-ring (bicyclic) bond motifs is 1. The Labute approximate surface area is 155 Å². The Morgan fingerprint density at radius 3 is 2.65 bits per heavy atom. The first-order valence-corrected chi connectivity index (χ1v) is 10.5. The van der Waals surface area contributed by atoms with Gasteiger partial charge in [0, 0.05) is 16.8 Å². The fourth-order valence-electron chi connectivity index (χ4n) is 5.13. The minimum atomic E-state index is 0.0943. The summed E-state index contributed by atoms with van der Waals surface area (Å²) in [6.45, 7) is 8.76. The van der Waals surface area contributed by atoms with Crippen LogP contribution in [0, 0.1) is 28.6 Å². The fraction of sp³-hybridized carbons (Fsp3) is 0.800. The van der Waals surface area contributed by atoms with Crippen molar-refractivity contribution in [3.05, 3.63) is 11.6 Å². The van der Waals surface area contributed by atoms with Crippen LogP contribution in [0.2, 0.25) is 0 Å². The topological polar surface area (TPSA) is 34.1 Å². The largest absolute Gasteiger partial charge is 0.299 e. The zero-order valence-electron chi connectivity index (χ0n) is 15.0. The van der Waals surface area contributed by atoms with E-state index in [1.165, 1.54) is 23.7 Å². The van der Waals surface area contributed by atoms with Gasteiger partial charge in [-0.1, -0.05) is 62.8 Å². The molecule has 0 N–H and O–H groups in total. The maximum atomic E-state index is 12.1. The molecule has 4 atom stereocenters. The molecule has 0 spiro atoms. The highest BCUT2D eigenvalue weighted by Gasteiger charge is 2.53. The number of rotatable bonds is 6. The molecule has 2 aliphatic rings. The van der Waals surface area contributed by atoms with Crippen molar-refractivity contribution < 1.29 is 9.59 Å². The molecule has 0 heterocycles. The minimum Gasteiger partial charge on any atom is -0.299 e. The average Bonchev–Trinajstić information content (AvgIpc) is 2.52. The van der Waals surface area contributed by atoms with Crippen LogP contribution in [0.3, 0.4) is 0 Å². The van der Waals surface area contributed by atoms with E-state index in [4.69, 9.17) is 0 Å². The van der Waals surface area contributed by atoms with E-state index in [0.717, 1.165) is 24.7 Å². The van der Waals surface area contributed by atoms with Gasteiger partial charge in [0.2, 0.25) is 0 Å². The molecule has 1 saturated carbocycles. The van der Waals surface area contributed by atoms with Crippen molar-refractivity contribution >= 4 is 34.7 Å². The second-order valence-corrected chi connectivity index (χ2v) is 9.23. The SMILES string of the molecule is CC(C)C(=O)CC[C@H]1C(C=O)=CC[C@H]2[C@](C)(CI)CCC[C@]12C. The van der Waals surface area contributed by atoms with Crippen LogP contribution in [0.4, 0.5) is 0 Å². The van der Waals surface area contributed by atoms with Gasteiger partial charge in [0.05, 0.1) is 0 Å². The summed E-state index contributed by atoms with van der Waals surface area (Å²) >= 11 is 2.54. The van der Waals surface area contributed by atoms with Crippen LogP contribution >= 0.6 is 22.6 Å². The van der Waals surface area contributed by atoms with Gasteiger partial charge in [-0.25, -0.2) is 0 Å². The van der Waals surface area contributed by atoms with Crippen LogP contribution in [0.5, 0.6) is 0 Å². The molecular formula is C20H31IO2. The normalized spacial score (nSPS) is 37.2. The molecule has 2 aliphatic carbocycles. The van der Waals surface area contributed by atoms with Crippen molar-refractivity contribution in [2.45, 2.75) is 66.2 Å². The third kappa shape index (κ3) is 3.59. The third-order valence-electron chi connectivity index (χ3n) is 6.65. The molecule has 3 heteroatoms. The second-order valence-electron chi connectivity index (χ2n) is 8.47. The number of aldehydes is 1. The molecule has 0 aromatic heterocycles. The van der Waals surface area contributed by atoms with Crippen molar-refractivity contribution in [2.24, 2.45) is 28.6 Å². The van der Waals surface area contributed by atoms with Gasteiger partial charge in [0.1, 0.15) is 12.1 Å². The second kappa shape index (κ2) is 7.37. The van der Waals surface area contributed by atoms with Crippen molar-refractivity contribution in [3.8, 4) is 0 Å². The lowest BCUT2D eigenvalue weighted by Crippen LogP contribution is -2.50. The number of hydrogen-bond donors (Lipinski definition) is 0. The number of hydrogen-bond acceptors (Lipinski definition) is 2. The van der Waals surface area contributed by atoms with E-state index in [2.05, 4.69) is 42.5 Å². The summed E-state index contributed by atoms with van der Waals surface area (Å²) in [6.07, 6.45) is 9.43. The quantitative estimate of drug-likeness (QED) is 0.322. The van der Waals surface area contributed by atoms with E-state index < -0.39 is 0 Å². The molecule has 23 heavy (non-hydrogen) atoms. The molecule has 0 radical (unpaired) electrons. The van der Waals surface area contributed by atoms with Crippen molar-refractivity contribution in [1.29, 1.82) is 0 Å². The molecule has 130 valence electrons. The van der Waals surface area contributed by atoms with Gasteiger partial charge in [-0.05, 0) is 53.9 Å². The monoisotopic (exact) mass is 430 g/mol. The Bertz CT molecular complexity index is 496. The molecule has 0 unspecified atom stereocenters. The van der Waals surface area contributed by atoms with Gasteiger partial charge in [0.15, 0.2) is 0 Å². The van der Waals surface area contributed by atoms with E-state index in [1.807, 2.05) is 13.8 Å². The standard InChI is InChI=1S/C20H31IO2/c1-14(2)17(23)8-7-16-15(12-22)6-9-18-19(3,13-21)10-5-11-20(16,18)4/h6,12,14,16,18H,5,7-11,13H2,1-4H3/t16-,18-,19-,20+/m0/s1. The van der Waals surface area contributed by atoms with Crippen LogP contribution in [0.15, 0.2) is 11.6 Å². The summed E-state index contributed by atoms with van der Waals surface area (Å²) in [5.74, 6) is 1.30. The summed E-state index contributed by atoms with van der Waals surface area (Å²) in [4.78, 5) is 23.8. The van der Waals surface area contributed by atoms with Gasteiger partial charge in [-0.2, -0.15) is 0 Å². The van der Waals surface area contributed by atoms with Gasteiger partial charge in [0.25, 0.3) is 0 Å². The number of alkyl halides is 1. The average molecular weight is 430 g/mol. The number of carbonyl (C=O) groups excluding carboxylic acids is 2. The summed E-state index contributed by atoms with van der Waals surface area (Å²) in [6, 6.07) is 0. The molecule has 0 aromatic carbocycles. The van der Waals surface area contributed by atoms with Crippen LogP contribution in [-0.2, 0) is 9.59 Å². The van der Waals surface area contributed by atoms with Crippen LogP contribution in [0.25, 0.3) is 0 Å². The number of halogens is 1. The molecule has 0 amide bonds. The summed E-state index contributed by atoms with van der Waals surface area (Å²) in [5.41, 5.74) is 1.48. The van der Waals surface area contributed by atoms with E-state index in [-0.39, 0.29) is 17.3 Å². The summed E-state index contributed by atoms with van der Waals surface area (Å²) < 4.78 is 1.17. The lowest BCUT2D eigenvalue weighted by molar-refractivity contribution is -0.123. The van der Waals surface area contributed by atoms with Gasteiger partial charge < -0.3 is 0 Å². The Kier molecular flexibility index (Phi) is 6.13. The van der Waals surface area contributed by atoms with Gasteiger partial charge in [-0.3, -0.25) is 9.59 Å². The molecular weight excluding hydrogens is 399 g/mol. The molecule has 1 fully saturated rings. The smallest absolute Gasteiger partial charge is 0.146 e. The van der Waals surface area contributed by atoms with Crippen LogP contribution in [-0.4, -0.2) is 16.5 Å². The van der Waals surface area contributed by atoms with Crippen molar-refractivity contribution in [1.82, 2.24) is 0 Å². The predicted octanol–water partition coefficient (Wildman–Crippen LogP) is 5.38. The number of ketones is 1. The van der Waals surface area contributed by atoms with Crippen molar-refractivity contribution in [2.75, 3.05) is 4.43 Å². The maximum Gasteiger partial charge on any atom is 0.146 e. The zero-order valence-corrected chi connectivity index (χ0v) is 17.2. The van der Waals surface area contributed by atoms with E-state index in [0.29, 0.717) is 23.5 Å². The first-order chi connectivity index (χ1) is 10.8. The first-order valence-electron chi connectivity index (χ1n) is 9.02. The maximum absolute atomic E-state index is 12.1. The summed E-state index contributed by atoms with van der Waals surface area (Å²) in [7, 11) is 0. The molecule has 0 bridgehead atoms.